The van der Waals surface area contributed by atoms with Crippen LogP contribution in [0.3, 0.4) is 0 Å². The Hall–Kier alpha value is -2.33. The van der Waals surface area contributed by atoms with E-state index in [-0.39, 0.29) is 56.2 Å². The fourth-order valence-electron chi connectivity index (χ4n) is 3.98. The molecule has 0 bridgehead atoms. The maximum absolute atomic E-state index is 13.2. The molecule has 160 valence electrons. The van der Waals surface area contributed by atoms with Gasteiger partial charge in [-0.3, -0.25) is 9.59 Å². The summed E-state index contributed by atoms with van der Waals surface area (Å²) >= 11 is 1.37. The average molecular weight is 432 g/mol. The van der Waals surface area contributed by atoms with Gasteiger partial charge in [-0.2, -0.15) is 0 Å². The van der Waals surface area contributed by atoms with Crippen LogP contribution in [-0.2, 0) is 14.3 Å². The summed E-state index contributed by atoms with van der Waals surface area (Å²) in [5.41, 5.74) is 0.579. The lowest BCUT2D eigenvalue weighted by Gasteiger charge is -2.44. The Morgan fingerprint density at radius 2 is 2.07 bits per heavy atom. The zero-order valence-electron chi connectivity index (χ0n) is 16.5. The zero-order valence-corrected chi connectivity index (χ0v) is 17.3. The Balaban J connectivity index is 1.43. The number of β-amino-alcohol motifs (C(OH)–C–C–N with tert-alkyl or cyclic N) is 1. The number of benzene rings is 1. The predicted molar refractivity (Wildman–Crippen MR) is 111 cm³/mol. The molecule has 2 saturated heterocycles. The molecule has 4 rings (SSSR count). The Kier molecular flexibility index (Phi) is 6.73. The molecule has 2 aromatic rings. The van der Waals surface area contributed by atoms with Crippen molar-refractivity contribution in [2.24, 2.45) is 0 Å². The van der Waals surface area contributed by atoms with Gasteiger partial charge in [0.05, 0.1) is 37.9 Å². The van der Waals surface area contributed by atoms with Crippen LogP contribution in [0.2, 0.25) is 0 Å². The largest absolute Gasteiger partial charge is 0.389 e. The molecule has 2 amide bonds. The highest BCUT2D eigenvalue weighted by Crippen LogP contribution is 2.29. The van der Waals surface area contributed by atoms with E-state index in [1.54, 1.807) is 28.6 Å². The van der Waals surface area contributed by atoms with E-state index < -0.39 is 6.10 Å². The first-order chi connectivity index (χ1) is 14.6. The first kappa shape index (κ1) is 20.9. The second-order valence-corrected chi connectivity index (χ2v) is 8.44. The molecule has 1 aromatic heterocycles. The van der Waals surface area contributed by atoms with Crippen molar-refractivity contribution in [1.82, 2.24) is 9.88 Å². The van der Waals surface area contributed by atoms with Gasteiger partial charge in [-0.25, -0.2) is 4.98 Å². The molecular formula is C21H25N3O5S. The normalized spacial score (nSPS) is 26.9. The van der Waals surface area contributed by atoms with Gasteiger partial charge in [0.15, 0.2) is 5.13 Å². The van der Waals surface area contributed by atoms with Gasteiger partial charge < -0.3 is 24.8 Å². The summed E-state index contributed by atoms with van der Waals surface area (Å²) in [7, 11) is 0. The van der Waals surface area contributed by atoms with Gasteiger partial charge in [0, 0.05) is 23.7 Å². The standard InChI is InChI=1S/C21H25N3O5S/c25-15-11-24(20(27)14-4-2-1-3-5-14)17-7-6-16(29-18(17)13-28-12-15)10-19(26)23-21-22-8-9-30-21/h1-5,8-9,15-18,25H,6-7,10-13H2,(H,22,23,26)/t15-,16+,17-,18+/m1/s1. The Morgan fingerprint density at radius 1 is 1.23 bits per heavy atom. The predicted octanol–water partition coefficient (Wildman–Crippen LogP) is 1.92. The minimum Gasteiger partial charge on any atom is -0.389 e. The average Bonchev–Trinajstić information content (AvgIpc) is 3.24. The monoisotopic (exact) mass is 431 g/mol. The number of amides is 2. The van der Waals surface area contributed by atoms with Gasteiger partial charge in [0.2, 0.25) is 5.91 Å². The van der Waals surface area contributed by atoms with E-state index in [0.717, 1.165) is 0 Å². The molecule has 2 fully saturated rings. The molecule has 0 radical (unpaired) electrons. The molecule has 0 aliphatic carbocycles. The molecule has 0 spiro atoms. The quantitative estimate of drug-likeness (QED) is 0.767. The lowest BCUT2D eigenvalue weighted by atomic mass is 9.94. The molecule has 0 saturated carbocycles. The third-order valence-corrected chi connectivity index (χ3v) is 6.04. The van der Waals surface area contributed by atoms with Crippen LogP contribution in [0.4, 0.5) is 5.13 Å². The van der Waals surface area contributed by atoms with Crippen molar-refractivity contribution in [2.75, 3.05) is 25.1 Å². The number of anilines is 1. The van der Waals surface area contributed by atoms with Crippen LogP contribution in [0, 0.1) is 0 Å². The van der Waals surface area contributed by atoms with Crippen LogP contribution in [-0.4, -0.2) is 70.9 Å². The summed E-state index contributed by atoms with van der Waals surface area (Å²) in [6.45, 7) is 0.596. The number of thiazole rings is 1. The Labute approximate surface area is 178 Å². The van der Waals surface area contributed by atoms with E-state index in [2.05, 4.69) is 10.3 Å². The number of aliphatic hydroxyl groups is 1. The second-order valence-electron chi connectivity index (χ2n) is 7.55. The summed E-state index contributed by atoms with van der Waals surface area (Å²) in [5, 5.41) is 15.4. The van der Waals surface area contributed by atoms with Gasteiger partial charge in [-0.1, -0.05) is 18.2 Å². The number of carbonyl (C=O) groups excluding carboxylic acids is 2. The number of nitrogens with one attached hydrogen (secondary N) is 1. The van der Waals surface area contributed by atoms with E-state index in [1.807, 2.05) is 18.2 Å². The van der Waals surface area contributed by atoms with Crippen molar-refractivity contribution in [3.8, 4) is 0 Å². The van der Waals surface area contributed by atoms with Crippen LogP contribution in [0.25, 0.3) is 0 Å². The van der Waals surface area contributed by atoms with Gasteiger partial charge in [-0.05, 0) is 25.0 Å². The Bertz CT molecular complexity index is 848. The summed E-state index contributed by atoms with van der Waals surface area (Å²) in [6, 6.07) is 8.83. The minimum atomic E-state index is -0.750. The number of hydrogen-bond donors (Lipinski definition) is 2. The van der Waals surface area contributed by atoms with Crippen LogP contribution in [0.5, 0.6) is 0 Å². The molecule has 3 heterocycles. The van der Waals surface area contributed by atoms with E-state index in [9.17, 15) is 14.7 Å². The van der Waals surface area contributed by atoms with Crippen LogP contribution < -0.4 is 5.32 Å². The van der Waals surface area contributed by atoms with Crippen molar-refractivity contribution in [3.63, 3.8) is 0 Å². The van der Waals surface area contributed by atoms with Gasteiger partial charge >= 0.3 is 0 Å². The summed E-state index contributed by atoms with van der Waals surface area (Å²) in [4.78, 5) is 31.2. The summed E-state index contributed by atoms with van der Waals surface area (Å²) in [6.07, 6.45) is 1.82. The molecule has 9 heteroatoms. The molecular weight excluding hydrogens is 406 g/mol. The highest BCUT2D eigenvalue weighted by molar-refractivity contribution is 7.13. The molecule has 8 nitrogen and oxygen atoms in total. The minimum absolute atomic E-state index is 0.130. The molecule has 2 aliphatic heterocycles. The topological polar surface area (TPSA) is 101 Å². The van der Waals surface area contributed by atoms with Crippen LogP contribution >= 0.6 is 11.3 Å². The molecule has 2 aliphatic rings. The molecule has 1 aromatic carbocycles. The fraction of sp³-hybridized carbons (Fsp3) is 0.476. The van der Waals surface area contributed by atoms with Crippen LogP contribution in [0.1, 0.15) is 29.6 Å². The molecule has 30 heavy (non-hydrogen) atoms. The SMILES string of the molecule is O=C(C[C@@H]1CC[C@@H]2[C@H](COC[C@H](O)CN2C(=O)c2ccccc2)O1)Nc1nccs1. The van der Waals surface area contributed by atoms with Gasteiger partial charge in [0.1, 0.15) is 6.10 Å². The first-order valence-corrected chi connectivity index (χ1v) is 10.9. The highest BCUT2D eigenvalue weighted by Gasteiger charge is 2.40. The molecule has 4 atom stereocenters. The number of carbonyl (C=O) groups is 2. The highest BCUT2D eigenvalue weighted by atomic mass is 32.1. The number of fused-ring (bicyclic) bond motifs is 1. The van der Waals surface area contributed by atoms with Crippen molar-refractivity contribution in [3.05, 3.63) is 47.5 Å². The number of ether oxygens (including phenoxy) is 2. The van der Waals surface area contributed by atoms with E-state index in [0.29, 0.717) is 23.5 Å². The lowest BCUT2D eigenvalue weighted by molar-refractivity contribution is -0.149. The van der Waals surface area contributed by atoms with Crippen molar-refractivity contribution in [2.45, 2.75) is 43.6 Å². The second kappa shape index (κ2) is 9.65. The third kappa shape index (κ3) is 5.04. The molecule has 0 unspecified atom stereocenters. The van der Waals surface area contributed by atoms with Gasteiger partial charge in [0.25, 0.3) is 5.91 Å². The number of rotatable bonds is 4. The van der Waals surface area contributed by atoms with E-state index in [1.165, 1.54) is 11.3 Å². The lowest BCUT2D eigenvalue weighted by Crippen LogP contribution is -2.57. The maximum atomic E-state index is 13.2. The van der Waals surface area contributed by atoms with E-state index >= 15 is 0 Å². The third-order valence-electron chi connectivity index (χ3n) is 5.35. The molecule has 2 N–H and O–H groups in total. The Morgan fingerprint density at radius 3 is 2.83 bits per heavy atom. The zero-order chi connectivity index (χ0) is 20.9. The van der Waals surface area contributed by atoms with Crippen molar-refractivity contribution >= 4 is 28.3 Å². The van der Waals surface area contributed by atoms with E-state index in [4.69, 9.17) is 9.47 Å². The first-order valence-electron chi connectivity index (χ1n) is 10.1. The fourth-order valence-corrected chi connectivity index (χ4v) is 4.53. The number of nitrogens with zero attached hydrogens (tertiary/aromatic N) is 2. The smallest absolute Gasteiger partial charge is 0.254 e. The van der Waals surface area contributed by atoms with Crippen LogP contribution in [0.15, 0.2) is 41.9 Å². The number of aromatic nitrogens is 1. The number of hydrogen-bond acceptors (Lipinski definition) is 7. The van der Waals surface area contributed by atoms with Gasteiger partial charge in [-0.15, -0.1) is 11.3 Å². The summed E-state index contributed by atoms with van der Waals surface area (Å²) in [5.74, 6) is -0.275. The van der Waals surface area contributed by atoms with Crippen molar-refractivity contribution in [1.29, 1.82) is 0 Å². The number of aliphatic hydroxyl groups excluding tert-OH is 1. The maximum Gasteiger partial charge on any atom is 0.254 e. The van der Waals surface area contributed by atoms with Crippen molar-refractivity contribution < 1.29 is 24.2 Å². The summed E-state index contributed by atoms with van der Waals surface area (Å²) < 4.78 is 11.8.